The first kappa shape index (κ1) is 21.6. The molecule has 1 N–H and O–H groups in total. The van der Waals surface area contributed by atoms with Crippen LogP contribution in [0.5, 0.6) is 0 Å². The number of hydrogen-bond donors (Lipinski definition) is 1. The number of carbonyl (C=O) groups excluding carboxylic acids is 2. The molecule has 33 heavy (non-hydrogen) atoms. The minimum atomic E-state index is -0.451. The Hall–Kier alpha value is -3.25. The number of fused-ring (bicyclic) bond motifs is 2. The summed E-state index contributed by atoms with van der Waals surface area (Å²) in [6, 6.07) is 18.2. The molecule has 0 radical (unpaired) electrons. The molecule has 1 amide bonds. The molecule has 0 atom stereocenters. The van der Waals surface area contributed by atoms with Crippen molar-refractivity contribution in [2.24, 2.45) is 0 Å². The smallest absolute Gasteiger partial charge is 0.339 e. The number of para-hydroxylation sites is 1. The van der Waals surface area contributed by atoms with Crippen LogP contribution in [0.1, 0.15) is 52.9 Å². The predicted molar refractivity (Wildman–Crippen MR) is 127 cm³/mol. The van der Waals surface area contributed by atoms with Gasteiger partial charge in [0.1, 0.15) is 0 Å². The topological polar surface area (TPSA) is 71.5 Å². The van der Waals surface area contributed by atoms with E-state index in [9.17, 15) is 9.59 Å². The van der Waals surface area contributed by atoms with E-state index in [-0.39, 0.29) is 18.6 Å². The summed E-state index contributed by atoms with van der Waals surface area (Å²) in [6.07, 6.45) is 5.05. The zero-order chi connectivity index (χ0) is 22.6. The van der Waals surface area contributed by atoms with E-state index in [2.05, 4.69) is 22.3 Å². The highest BCUT2D eigenvalue weighted by atomic mass is 16.5. The molecule has 0 bridgehead atoms. The highest BCUT2D eigenvalue weighted by Gasteiger charge is 2.27. The lowest BCUT2D eigenvalue weighted by atomic mass is 9.95. The van der Waals surface area contributed by atoms with Crippen LogP contribution < -0.4 is 5.32 Å². The fraction of sp³-hybridized carbons (Fsp3) is 0.370. The van der Waals surface area contributed by atoms with Gasteiger partial charge in [0.2, 0.25) is 0 Å². The molecule has 6 nitrogen and oxygen atoms in total. The molecule has 1 aromatic heterocycles. The number of rotatable bonds is 6. The summed E-state index contributed by atoms with van der Waals surface area (Å²) in [5.41, 5.74) is 4.43. The van der Waals surface area contributed by atoms with Gasteiger partial charge in [0.25, 0.3) is 5.91 Å². The second kappa shape index (κ2) is 9.71. The van der Waals surface area contributed by atoms with Crippen molar-refractivity contribution >= 4 is 22.8 Å². The lowest BCUT2D eigenvalue weighted by Crippen LogP contribution is -2.36. The van der Waals surface area contributed by atoms with E-state index in [1.165, 1.54) is 5.56 Å². The van der Waals surface area contributed by atoms with Crippen LogP contribution >= 0.6 is 0 Å². The summed E-state index contributed by atoms with van der Waals surface area (Å²) in [7, 11) is 0. The second-order valence-corrected chi connectivity index (χ2v) is 9.00. The number of hydrogen-bond acceptors (Lipinski definition) is 5. The molecule has 1 saturated carbocycles. The third-order valence-corrected chi connectivity index (χ3v) is 6.63. The van der Waals surface area contributed by atoms with Gasteiger partial charge in [0, 0.05) is 48.7 Å². The zero-order valence-corrected chi connectivity index (χ0v) is 18.8. The van der Waals surface area contributed by atoms with Gasteiger partial charge < -0.3 is 10.1 Å². The predicted octanol–water partition coefficient (Wildman–Crippen LogP) is 4.01. The standard InChI is InChI=1S/C27H29N3O3/c31-25(28-20-10-4-5-11-20)18-33-27(32)26-21-12-6-7-13-23(21)29-24-14-15-30(17-22(24)26)16-19-8-2-1-3-9-19/h1-3,6-9,12-13,20H,4-5,10-11,14-18H2,(H,28,31). The van der Waals surface area contributed by atoms with Crippen molar-refractivity contribution in [1.82, 2.24) is 15.2 Å². The van der Waals surface area contributed by atoms with Gasteiger partial charge >= 0.3 is 5.97 Å². The van der Waals surface area contributed by atoms with Crippen LogP contribution in [-0.2, 0) is 29.0 Å². The fourth-order valence-electron chi connectivity index (χ4n) is 5.00. The average molecular weight is 444 g/mol. The Kier molecular flexibility index (Phi) is 6.35. The Morgan fingerprint density at radius 2 is 1.79 bits per heavy atom. The quantitative estimate of drug-likeness (QED) is 0.583. The number of ether oxygens (including phenoxy) is 1. The second-order valence-electron chi connectivity index (χ2n) is 9.00. The molecule has 2 aliphatic rings. The summed E-state index contributed by atoms with van der Waals surface area (Å²) in [4.78, 5) is 32.8. The number of nitrogens with one attached hydrogen (secondary N) is 1. The van der Waals surface area contributed by atoms with Gasteiger partial charge in [0.05, 0.1) is 11.1 Å². The molecule has 5 rings (SSSR count). The third kappa shape index (κ3) is 4.91. The summed E-state index contributed by atoms with van der Waals surface area (Å²) in [5, 5.41) is 3.76. The van der Waals surface area contributed by atoms with Crippen molar-refractivity contribution in [3.8, 4) is 0 Å². The van der Waals surface area contributed by atoms with Gasteiger partial charge in [-0.15, -0.1) is 0 Å². The van der Waals surface area contributed by atoms with Crippen molar-refractivity contribution in [1.29, 1.82) is 0 Å². The van der Waals surface area contributed by atoms with Gasteiger partial charge in [-0.05, 0) is 24.5 Å². The van der Waals surface area contributed by atoms with Gasteiger partial charge in [-0.3, -0.25) is 14.7 Å². The fourth-order valence-corrected chi connectivity index (χ4v) is 5.00. The van der Waals surface area contributed by atoms with Crippen LogP contribution in [0.4, 0.5) is 0 Å². The maximum Gasteiger partial charge on any atom is 0.339 e. The molecule has 0 saturated heterocycles. The first-order valence-electron chi connectivity index (χ1n) is 11.8. The van der Waals surface area contributed by atoms with Crippen molar-refractivity contribution < 1.29 is 14.3 Å². The van der Waals surface area contributed by atoms with E-state index in [0.29, 0.717) is 12.1 Å². The van der Waals surface area contributed by atoms with E-state index in [1.54, 1.807) is 0 Å². The lowest BCUT2D eigenvalue weighted by Gasteiger charge is -2.30. The van der Waals surface area contributed by atoms with E-state index in [4.69, 9.17) is 9.72 Å². The Bertz CT molecular complexity index is 1160. The maximum atomic E-state index is 13.3. The van der Waals surface area contributed by atoms with Gasteiger partial charge in [0.15, 0.2) is 6.61 Å². The van der Waals surface area contributed by atoms with E-state index >= 15 is 0 Å². The van der Waals surface area contributed by atoms with Crippen LogP contribution in [-0.4, -0.2) is 41.0 Å². The number of esters is 1. The molecular formula is C27H29N3O3. The molecule has 6 heteroatoms. The normalized spacial score (nSPS) is 16.5. The Labute approximate surface area is 194 Å². The van der Waals surface area contributed by atoms with Gasteiger partial charge in [-0.25, -0.2) is 4.79 Å². The van der Waals surface area contributed by atoms with Gasteiger partial charge in [-0.1, -0.05) is 61.4 Å². The highest BCUT2D eigenvalue weighted by Crippen LogP contribution is 2.29. The highest BCUT2D eigenvalue weighted by molar-refractivity contribution is 6.05. The first-order valence-corrected chi connectivity index (χ1v) is 11.8. The SMILES string of the molecule is O=C(COC(=O)c1c2c(nc3ccccc13)CCN(Cc1ccccc1)C2)NC1CCCC1. The summed E-state index contributed by atoms with van der Waals surface area (Å²) < 4.78 is 5.53. The number of benzene rings is 2. The van der Waals surface area contributed by atoms with Gasteiger partial charge in [-0.2, -0.15) is 0 Å². The number of amides is 1. The van der Waals surface area contributed by atoms with E-state index < -0.39 is 5.97 Å². The molecule has 1 fully saturated rings. The molecule has 0 spiro atoms. The molecule has 2 heterocycles. The van der Waals surface area contributed by atoms with E-state index in [0.717, 1.165) is 67.4 Å². The zero-order valence-electron chi connectivity index (χ0n) is 18.8. The van der Waals surface area contributed by atoms with Crippen molar-refractivity contribution in [2.45, 2.75) is 51.2 Å². The van der Waals surface area contributed by atoms with Crippen molar-refractivity contribution in [2.75, 3.05) is 13.2 Å². The minimum absolute atomic E-state index is 0.206. The van der Waals surface area contributed by atoms with Crippen molar-refractivity contribution in [3.05, 3.63) is 77.0 Å². The number of pyridine rings is 1. The van der Waals surface area contributed by atoms with Crippen LogP contribution in [0.25, 0.3) is 10.9 Å². The third-order valence-electron chi connectivity index (χ3n) is 6.63. The number of nitrogens with zero attached hydrogens (tertiary/aromatic N) is 2. The molecule has 3 aromatic rings. The number of aromatic nitrogens is 1. The van der Waals surface area contributed by atoms with Crippen LogP contribution in [0.3, 0.4) is 0 Å². The van der Waals surface area contributed by atoms with Crippen LogP contribution in [0, 0.1) is 0 Å². The molecule has 2 aromatic carbocycles. The van der Waals surface area contributed by atoms with E-state index in [1.807, 2.05) is 42.5 Å². The minimum Gasteiger partial charge on any atom is -0.452 e. The maximum absolute atomic E-state index is 13.3. The summed E-state index contributed by atoms with van der Waals surface area (Å²) >= 11 is 0. The van der Waals surface area contributed by atoms with Crippen molar-refractivity contribution in [3.63, 3.8) is 0 Å². The molecule has 170 valence electrons. The van der Waals surface area contributed by atoms with Crippen LogP contribution in [0.15, 0.2) is 54.6 Å². The molecular weight excluding hydrogens is 414 g/mol. The first-order chi connectivity index (χ1) is 16.2. The average Bonchev–Trinajstić information content (AvgIpc) is 3.35. The summed E-state index contributed by atoms with van der Waals surface area (Å²) in [5.74, 6) is -0.679. The number of carbonyl (C=O) groups is 2. The monoisotopic (exact) mass is 443 g/mol. The molecule has 1 aliphatic carbocycles. The summed E-state index contributed by atoms with van der Waals surface area (Å²) in [6.45, 7) is 2.06. The van der Waals surface area contributed by atoms with Crippen LogP contribution in [0.2, 0.25) is 0 Å². The Morgan fingerprint density at radius 3 is 2.61 bits per heavy atom. The Balaban J connectivity index is 1.38. The Morgan fingerprint density at radius 1 is 1.03 bits per heavy atom. The molecule has 0 unspecified atom stereocenters. The lowest BCUT2D eigenvalue weighted by molar-refractivity contribution is -0.124. The largest absolute Gasteiger partial charge is 0.452 e. The molecule has 1 aliphatic heterocycles.